The Morgan fingerprint density at radius 3 is 2.67 bits per heavy atom. The zero-order chi connectivity index (χ0) is 13.1. The van der Waals surface area contributed by atoms with Crippen molar-refractivity contribution in [2.75, 3.05) is 0 Å². The molecule has 0 aliphatic rings. The molecule has 0 amide bonds. The van der Waals surface area contributed by atoms with Gasteiger partial charge in [0.05, 0.1) is 6.21 Å². The van der Waals surface area contributed by atoms with Crippen molar-refractivity contribution in [3.63, 3.8) is 0 Å². The molecule has 1 heterocycles. The molecule has 0 spiro atoms. The van der Waals surface area contributed by atoms with Gasteiger partial charge in [-0.05, 0) is 43.2 Å². The van der Waals surface area contributed by atoms with E-state index in [1.165, 1.54) is 4.68 Å². The highest BCUT2D eigenvalue weighted by atomic mass is 35.5. The van der Waals surface area contributed by atoms with E-state index in [1.54, 1.807) is 24.4 Å². The van der Waals surface area contributed by atoms with Gasteiger partial charge in [0, 0.05) is 16.8 Å². The molecule has 0 atom stereocenters. The van der Waals surface area contributed by atoms with Gasteiger partial charge in [0.1, 0.15) is 0 Å². The van der Waals surface area contributed by atoms with E-state index in [1.807, 2.05) is 32.0 Å². The molecule has 0 saturated heterocycles. The second-order valence-corrected chi connectivity index (χ2v) is 4.56. The van der Waals surface area contributed by atoms with Gasteiger partial charge in [-0.15, -0.1) is 0 Å². The summed E-state index contributed by atoms with van der Waals surface area (Å²) in [5.74, 6) is 0. The number of aromatic nitrogens is 1. The first kappa shape index (κ1) is 12.6. The summed E-state index contributed by atoms with van der Waals surface area (Å²) in [6.07, 6.45) is 1.62. The van der Waals surface area contributed by atoms with E-state index in [0.717, 1.165) is 16.8 Å². The number of pyridine rings is 1. The first-order valence-electron chi connectivity index (χ1n) is 5.56. The predicted octanol–water partition coefficient (Wildman–Crippen LogP) is 3.00. The molecule has 0 saturated carbocycles. The average molecular weight is 261 g/mol. The number of rotatable bonds is 2. The van der Waals surface area contributed by atoms with E-state index in [-0.39, 0.29) is 5.56 Å². The molecule has 1 aromatic carbocycles. The summed E-state index contributed by atoms with van der Waals surface area (Å²) < 4.78 is 1.37. The lowest BCUT2D eigenvalue weighted by molar-refractivity contribution is 0.791. The van der Waals surface area contributed by atoms with Crippen molar-refractivity contribution >= 4 is 17.8 Å². The summed E-state index contributed by atoms with van der Waals surface area (Å²) in [4.78, 5) is 11.8. The van der Waals surface area contributed by atoms with Crippen molar-refractivity contribution in [3.05, 3.63) is 68.6 Å². The van der Waals surface area contributed by atoms with Gasteiger partial charge in [-0.25, -0.2) is 4.68 Å². The maximum atomic E-state index is 11.8. The van der Waals surface area contributed by atoms with E-state index < -0.39 is 0 Å². The van der Waals surface area contributed by atoms with Crippen molar-refractivity contribution in [2.45, 2.75) is 13.8 Å². The van der Waals surface area contributed by atoms with Crippen molar-refractivity contribution in [1.82, 2.24) is 4.68 Å². The van der Waals surface area contributed by atoms with Crippen LogP contribution in [0.25, 0.3) is 0 Å². The number of aryl methyl sites for hydroxylation is 2. The molecule has 2 rings (SSSR count). The van der Waals surface area contributed by atoms with Crippen LogP contribution in [0, 0.1) is 13.8 Å². The summed E-state index contributed by atoms with van der Waals surface area (Å²) in [5.41, 5.74) is 2.46. The van der Waals surface area contributed by atoms with Gasteiger partial charge >= 0.3 is 0 Å². The standard InChI is InChI=1S/C14H13ClN2O/c1-10-6-11(2)17(14(18)7-10)16-9-12-4-3-5-13(15)8-12/h3-9H,1-2H3. The van der Waals surface area contributed by atoms with E-state index in [2.05, 4.69) is 5.10 Å². The van der Waals surface area contributed by atoms with Crippen LogP contribution in [0.2, 0.25) is 5.02 Å². The topological polar surface area (TPSA) is 34.4 Å². The fraction of sp³-hybridized carbons (Fsp3) is 0.143. The van der Waals surface area contributed by atoms with Crippen LogP contribution >= 0.6 is 11.6 Å². The third-order valence-electron chi connectivity index (χ3n) is 2.50. The molecule has 2 aromatic rings. The van der Waals surface area contributed by atoms with E-state index in [9.17, 15) is 4.79 Å². The molecule has 3 nitrogen and oxygen atoms in total. The molecule has 0 N–H and O–H groups in total. The molecule has 1 aromatic heterocycles. The van der Waals surface area contributed by atoms with Gasteiger partial charge < -0.3 is 0 Å². The number of halogens is 1. The van der Waals surface area contributed by atoms with Crippen LogP contribution in [0.5, 0.6) is 0 Å². The highest BCUT2D eigenvalue weighted by molar-refractivity contribution is 6.30. The Labute approximate surface area is 110 Å². The van der Waals surface area contributed by atoms with Crippen molar-refractivity contribution < 1.29 is 0 Å². The molecule has 18 heavy (non-hydrogen) atoms. The lowest BCUT2D eigenvalue weighted by Crippen LogP contribution is -2.18. The lowest BCUT2D eigenvalue weighted by atomic mass is 10.2. The Morgan fingerprint density at radius 1 is 1.22 bits per heavy atom. The van der Waals surface area contributed by atoms with Crippen LogP contribution in [-0.4, -0.2) is 10.9 Å². The SMILES string of the molecule is Cc1cc(C)n(N=Cc2cccc(Cl)c2)c(=O)c1. The van der Waals surface area contributed by atoms with E-state index in [0.29, 0.717) is 5.02 Å². The van der Waals surface area contributed by atoms with Crippen LogP contribution in [0.1, 0.15) is 16.8 Å². The minimum absolute atomic E-state index is 0.134. The Kier molecular flexibility index (Phi) is 3.63. The van der Waals surface area contributed by atoms with Gasteiger partial charge in [0.15, 0.2) is 0 Å². The van der Waals surface area contributed by atoms with Gasteiger partial charge in [-0.1, -0.05) is 23.7 Å². The molecular weight excluding hydrogens is 248 g/mol. The summed E-state index contributed by atoms with van der Waals surface area (Å²) in [7, 11) is 0. The molecule has 0 aliphatic heterocycles. The van der Waals surface area contributed by atoms with Gasteiger partial charge in [0.25, 0.3) is 5.56 Å². The number of benzene rings is 1. The molecule has 0 aliphatic carbocycles. The smallest absolute Gasteiger partial charge is 0.267 e. The van der Waals surface area contributed by atoms with Crippen molar-refractivity contribution in [3.8, 4) is 0 Å². The predicted molar refractivity (Wildman–Crippen MR) is 74.6 cm³/mol. The Bertz CT molecular complexity index is 659. The van der Waals surface area contributed by atoms with Crippen LogP contribution in [0.3, 0.4) is 0 Å². The molecular formula is C14H13ClN2O. The second kappa shape index (κ2) is 5.19. The van der Waals surface area contributed by atoms with Crippen LogP contribution < -0.4 is 5.56 Å². The number of nitrogens with zero attached hydrogens (tertiary/aromatic N) is 2. The first-order valence-corrected chi connectivity index (χ1v) is 5.94. The number of hydrogen-bond donors (Lipinski definition) is 0. The summed E-state index contributed by atoms with van der Waals surface area (Å²) in [6.45, 7) is 3.74. The third kappa shape index (κ3) is 2.87. The molecule has 0 bridgehead atoms. The fourth-order valence-corrected chi connectivity index (χ4v) is 1.92. The lowest BCUT2D eigenvalue weighted by Gasteiger charge is -2.03. The molecule has 0 unspecified atom stereocenters. The largest absolute Gasteiger partial charge is 0.271 e. The number of hydrogen-bond acceptors (Lipinski definition) is 2. The normalized spacial score (nSPS) is 11.1. The minimum Gasteiger partial charge on any atom is -0.267 e. The van der Waals surface area contributed by atoms with Crippen molar-refractivity contribution in [1.29, 1.82) is 0 Å². The van der Waals surface area contributed by atoms with Gasteiger partial charge in [-0.3, -0.25) is 4.79 Å². The summed E-state index contributed by atoms with van der Waals surface area (Å²) >= 11 is 5.88. The van der Waals surface area contributed by atoms with E-state index >= 15 is 0 Å². The van der Waals surface area contributed by atoms with Crippen LogP contribution in [0.4, 0.5) is 0 Å². The fourth-order valence-electron chi connectivity index (χ4n) is 1.72. The van der Waals surface area contributed by atoms with Gasteiger partial charge in [0.2, 0.25) is 0 Å². The maximum absolute atomic E-state index is 11.8. The Hall–Kier alpha value is -1.87. The maximum Gasteiger partial charge on any atom is 0.271 e. The average Bonchev–Trinajstić information content (AvgIpc) is 2.27. The van der Waals surface area contributed by atoms with Gasteiger partial charge in [-0.2, -0.15) is 5.10 Å². The highest BCUT2D eigenvalue weighted by Gasteiger charge is 1.99. The van der Waals surface area contributed by atoms with Crippen LogP contribution in [-0.2, 0) is 0 Å². The summed E-state index contributed by atoms with van der Waals surface area (Å²) in [6, 6.07) is 10.8. The monoisotopic (exact) mass is 260 g/mol. The molecule has 4 heteroatoms. The first-order chi connectivity index (χ1) is 8.56. The molecule has 0 radical (unpaired) electrons. The highest BCUT2D eigenvalue weighted by Crippen LogP contribution is 2.09. The van der Waals surface area contributed by atoms with Crippen LogP contribution in [0.15, 0.2) is 46.3 Å². The molecule has 92 valence electrons. The Balaban J connectivity index is 2.38. The van der Waals surface area contributed by atoms with E-state index in [4.69, 9.17) is 11.6 Å². The molecule has 0 fully saturated rings. The second-order valence-electron chi connectivity index (χ2n) is 4.12. The minimum atomic E-state index is -0.134. The third-order valence-corrected chi connectivity index (χ3v) is 2.74. The van der Waals surface area contributed by atoms with Crippen molar-refractivity contribution in [2.24, 2.45) is 5.10 Å². The summed E-state index contributed by atoms with van der Waals surface area (Å²) in [5, 5.41) is 4.82. The Morgan fingerprint density at radius 2 is 2.00 bits per heavy atom. The quantitative estimate of drug-likeness (QED) is 0.765. The zero-order valence-electron chi connectivity index (χ0n) is 10.2. The zero-order valence-corrected chi connectivity index (χ0v) is 11.0.